The van der Waals surface area contributed by atoms with E-state index in [0.717, 1.165) is 0 Å². The number of methoxy groups -OCH3 is 1. The average molecular weight is 191 g/mol. The Labute approximate surface area is 80.8 Å². The van der Waals surface area contributed by atoms with Crippen molar-refractivity contribution in [2.75, 3.05) is 7.11 Å². The highest BCUT2D eigenvalue weighted by atomic mass is 16.5. The van der Waals surface area contributed by atoms with Crippen molar-refractivity contribution >= 4 is 0 Å². The molecule has 0 radical (unpaired) electrons. The Balaban J connectivity index is 2.41. The van der Waals surface area contributed by atoms with Gasteiger partial charge in [-0.15, -0.1) is 10.2 Å². The van der Waals surface area contributed by atoms with Crippen LogP contribution in [0.5, 0.6) is 5.88 Å². The molecule has 0 fully saturated rings. The molecule has 0 atom stereocenters. The molecule has 0 unspecified atom stereocenters. The molecule has 0 aliphatic rings. The van der Waals surface area contributed by atoms with Gasteiger partial charge in [-0.1, -0.05) is 6.07 Å². The van der Waals surface area contributed by atoms with Crippen LogP contribution in [0.15, 0.2) is 22.6 Å². The highest BCUT2D eigenvalue weighted by Gasteiger charge is 2.07. The molecule has 0 aliphatic heterocycles. The third-order valence-electron chi connectivity index (χ3n) is 1.68. The van der Waals surface area contributed by atoms with Gasteiger partial charge in [0.15, 0.2) is 0 Å². The monoisotopic (exact) mass is 191 g/mol. The summed E-state index contributed by atoms with van der Waals surface area (Å²) in [5.41, 5.74) is 0.616. The Morgan fingerprint density at radius 1 is 1.29 bits per heavy atom. The summed E-state index contributed by atoms with van der Waals surface area (Å²) in [5, 5.41) is 7.58. The summed E-state index contributed by atoms with van der Waals surface area (Å²) in [7, 11) is 1.56. The molecular formula is C9H9N3O2. The zero-order chi connectivity index (χ0) is 9.97. The molecule has 0 aliphatic carbocycles. The fraction of sp³-hybridized carbons (Fsp3) is 0.222. The quantitative estimate of drug-likeness (QED) is 0.718. The van der Waals surface area contributed by atoms with Crippen LogP contribution in [-0.2, 0) is 0 Å². The third-order valence-corrected chi connectivity index (χ3v) is 1.68. The fourth-order valence-electron chi connectivity index (χ4n) is 1.05. The Morgan fingerprint density at radius 3 is 2.79 bits per heavy atom. The van der Waals surface area contributed by atoms with E-state index in [1.165, 1.54) is 0 Å². The van der Waals surface area contributed by atoms with Crippen molar-refractivity contribution in [1.82, 2.24) is 15.2 Å². The van der Waals surface area contributed by atoms with E-state index >= 15 is 0 Å². The Morgan fingerprint density at radius 2 is 2.14 bits per heavy atom. The molecule has 0 saturated carbocycles. The van der Waals surface area contributed by atoms with Gasteiger partial charge in [-0.25, -0.2) is 4.98 Å². The van der Waals surface area contributed by atoms with Crippen LogP contribution in [0.3, 0.4) is 0 Å². The first-order valence-electron chi connectivity index (χ1n) is 4.11. The largest absolute Gasteiger partial charge is 0.481 e. The number of aromatic nitrogens is 3. The van der Waals surface area contributed by atoms with Gasteiger partial charge in [0.1, 0.15) is 5.69 Å². The molecule has 0 bridgehead atoms. The van der Waals surface area contributed by atoms with E-state index in [9.17, 15) is 0 Å². The molecule has 0 saturated heterocycles. The van der Waals surface area contributed by atoms with E-state index < -0.39 is 0 Å². The maximum Gasteiger partial charge on any atom is 0.266 e. The number of ether oxygens (including phenoxy) is 1. The van der Waals surface area contributed by atoms with Crippen molar-refractivity contribution in [3.63, 3.8) is 0 Å². The zero-order valence-electron chi connectivity index (χ0n) is 7.89. The Bertz CT molecular complexity index is 439. The summed E-state index contributed by atoms with van der Waals surface area (Å²) in [6, 6.07) is 5.36. The predicted molar refractivity (Wildman–Crippen MR) is 48.8 cm³/mol. The topological polar surface area (TPSA) is 61.0 Å². The van der Waals surface area contributed by atoms with Crippen molar-refractivity contribution in [2.45, 2.75) is 6.92 Å². The van der Waals surface area contributed by atoms with E-state index in [0.29, 0.717) is 23.4 Å². The lowest BCUT2D eigenvalue weighted by atomic mass is 10.3. The summed E-state index contributed by atoms with van der Waals surface area (Å²) in [4.78, 5) is 4.16. The summed E-state index contributed by atoms with van der Waals surface area (Å²) >= 11 is 0. The van der Waals surface area contributed by atoms with Gasteiger partial charge < -0.3 is 9.15 Å². The molecule has 2 aromatic rings. The standard InChI is InChI=1S/C9H9N3O2/c1-6-11-12-9(14-6)7-4-3-5-8(10-7)13-2/h3-5H,1-2H3. The normalized spacial score (nSPS) is 10.1. The first kappa shape index (κ1) is 8.68. The molecule has 72 valence electrons. The second-order valence-electron chi connectivity index (χ2n) is 2.69. The lowest BCUT2D eigenvalue weighted by Crippen LogP contribution is -1.89. The Kier molecular flexibility index (Phi) is 2.14. The SMILES string of the molecule is COc1cccc(-c2nnc(C)o2)n1. The van der Waals surface area contributed by atoms with Crippen LogP contribution in [0, 0.1) is 6.92 Å². The van der Waals surface area contributed by atoms with E-state index in [2.05, 4.69) is 15.2 Å². The zero-order valence-corrected chi connectivity index (χ0v) is 7.89. The van der Waals surface area contributed by atoms with Crippen LogP contribution in [0.1, 0.15) is 5.89 Å². The molecule has 2 rings (SSSR count). The lowest BCUT2D eigenvalue weighted by Gasteiger charge is -1.98. The summed E-state index contributed by atoms with van der Waals surface area (Å²) < 4.78 is 10.2. The number of rotatable bonds is 2. The van der Waals surface area contributed by atoms with E-state index in [1.807, 2.05) is 6.07 Å². The molecule has 5 heteroatoms. The van der Waals surface area contributed by atoms with Gasteiger partial charge in [0.25, 0.3) is 5.89 Å². The van der Waals surface area contributed by atoms with Crippen molar-refractivity contribution in [3.8, 4) is 17.5 Å². The molecule has 0 aromatic carbocycles. The summed E-state index contributed by atoms with van der Waals surface area (Å²) in [6.07, 6.45) is 0. The molecule has 0 N–H and O–H groups in total. The second kappa shape index (κ2) is 3.45. The number of hydrogen-bond acceptors (Lipinski definition) is 5. The van der Waals surface area contributed by atoms with Gasteiger partial charge >= 0.3 is 0 Å². The number of pyridine rings is 1. The second-order valence-corrected chi connectivity index (χ2v) is 2.69. The third kappa shape index (κ3) is 1.56. The maximum atomic E-state index is 5.23. The van der Waals surface area contributed by atoms with Crippen LogP contribution in [-0.4, -0.2) is 22.3 Å². The average Bonchev–Trinajstić information content (AvgIpc) is 2.65. The van der Waals surface area contributed by atoms with Gasteiger partial charge in [-0.2, -0.15) is 0 Å². The molecule has 2 heterocycles. The molecule has 5 nitrogen and oxygen atoms in total. The van der Waals surface area contributed by atoms with Crippen LogP contribution in [0.25, 0.3) is 11.6 Å². The molecule has 2 aromatic heterocycles. The van der Waals surface area contributed by atoms with Crippen molar-refractivity contribution < 1.29 is 9.15 Å². The smallest absolute Gasteiger partial charge is 0.266 e. The minimum absolute atomic E-state index is 0.404. The van der Waals surface area contributed by atoms with E-state index in [-0.39, 0.29) is 0 Å². The molecule has 0 amide bonds. The fourth-order valence-corrected chi connectivity index (χ4v) is 1.05. The highest BCUT2D eigenvalue weighted by molar-refractivity contribution is 5.46. The number of nitrogens with zero attached hydrogens (tertiary/aromatic N) is 3. The predicted octanol–water partition coefficient (Wildman–Crippen LogP) is 1.45. The highest BCUT2D eigenvalue weighted by Crippen LogP contribution is 2.17. The maximum absolute atomic E-state index is 5.23. The van der Waals surface area contributed by atoms with E-state index in [4.69, 9.17) is 9.15 Å². The van der Waals surface area contributed by atoms with Gasteiger partial charge in [-0.3, -0.25) is 0 Å². The van der Waals surface area contributed by atoms with Crippen molar-refractivity contribution in [1.29, 1.82) is 0 Å². The molecular weight excluding hydrogens is 182 g/mol. The number of aryl methyl sites for hydroxylation is 1. The van der Waals surface area contributed by atoms with Crippen LogP contribution >= 0.6 is 0 Å². The Hall–Kier alpha value is -1.91. The van der Waals surface area contributed by atoms with Crippen LogP contribution < -0.4 is 4.74 Å². The summed E-state index contributed by atoms with van der Waals surface area (Å²) in [5.74, 6) is 1.45. The molecule has 14 heavy (non-hydrogen) atoms. The van der Waals surface area contributed by atoms with Gasteiger partial charge in [0.05, 0.1) is 7.11 Å². The number of hydrogen-bond donors (Lipinski definition) is 0. The van der Waals surface area contributed by atoms with Gasteiger partial charge in [0.2, 0.25) is 11.8 Å². The summed E-state index contributed by atoms with van der Waals surface area (Å²) in [6.45, 7) is 1.73. The molecule has 0 spiro atoms. The van der Waals surface area contributed by atoms with Crippen molar-refractivity contribution in [3.05, 3.63) is 24.1 Å². The minimum atomic E-state index is 0.404. The van der Waals surface area contributed by atoms with Crippen molar-refractivity contribution in [2.24, 2.45) is 0 Å². The first-order valence-corrected chi connectivity index (χ1v) is 4.11. The lowest BCUT2D eigenvalue weighted by molar-refractivity contribution is 0.397. The van der Waals surface area contributed by atoms with Gasteiger partial charge in [0, 0.05) is 13.0 Å². The van der Waals surface area contributed by atoms with E-state index in [1.54, 1.807) is 26.2 Å². The van der Waals surface area contributed by atoms with Gasteiger partial charge in [-0.05, 0) is 6.07 Å². The minimum Gasteiger partial charge on any atom is -0.481 e. The van der Waals surface area contributed by atoms with Crippen LogP contribution in [0.2, 0.25) is 0 Å². The van der Waals surface area contributed by atoms with Crippen LogP contribution in [0.4, 0.5) is 0 Å². The first-order chi connectivity index (χ1) is 6.79.